The van der Waals surface area contributed by atoms with Gasteiger partial charge < -0.3 is 10.1 Å². The average Bonchev–Trinajstić information content (AvgIpc) is 3.45. The first-order chi connectivity index (χ1) is 16.5. The zero-order chi connectivity index (χ0) is 23.7. The number of thioether (sulfide) groups is 1. The predicted octanol–water partition coefficient (Wildman–Crippen LogP) is 3.13. The Balaban J connectivity index is 1.31. The molecular formula is C24H22FN5O3S. The Morgan fingerprint density at radius 1 is 1.24 bits per heavy atom. The summed E-state index contributed by atoms with van der Waals surface area (Å²) in [4.78, 5) is 30.5. The zero-order valence-electron chi connectivity index (χ0n) is 18.4. The van der Waals surface area contributed by atoms with E-state index in [0.717, 1.165) is 11.3 Å². The number of nitrogens with zero attached hydrogens (tertiary/aromatic N) is 4. The summed E-state index contributed by atoms with van der Waals surface area (Å²) < 4.78 is 21.8. The van der Waals surface area contributed by atoms with Gasteiger partial charge in [-0.25, -0.2) is 14.1 Å². The number of amides is 1. The number of nitrogens with one attached hydrogen (secondary N) is 1. The number of carbonyl (C=O) groups excluding carboxylic acids is 1. The fourth-order valence-corrected chi connectivity index (χ4v) is 5.21. The molecule has 1 atom stereocenters. The topological polar surface area (TPSA) is 91.0 Å². The van der Waals surface area contributed by atoms with Crippen LogP contribution in [0.25, 0.3) is 16.7 Å². The van der Waals surface area contributed by atoms with Gasteiger partial charge in [-0.15, -0.1) is 0 Å². The van der Waals surface area contributed by atoms with Crippen LogP contribution in [-0.4, -0.2) is 44.6 Å². The van der Waals surface area contributed by atoms with Gasteiger partial charge in [-0.05, 0) is 42.3 Å². The summed E-state index contributed by atoms with van der Waals surface area (Å²) >= 11 is 1.44. The van der Waals surface area contributed by atoms with E-state index in [1.807, 2.05) is 24.3 Å². The van der Waals surface area contributed by atoms with Gasteiger partial charge in [-0.2, -0.15) is 5.10 Å². The van der Waals surface area contributed by atoms with Gasteiger partial charge in [0.1, 0.15) is 17.0 Å². The molecular weight excluding hydrogens is 457 g/mol. The lowest BCUT2D eigenvalue weighted by atomic mass is 10.1. The van der Waals surface area contributed by atoms with Crippen LogP contribution in [0.5, 0.6) is 5.75 Å². The standard InChI is InChI=1S/C24H22FN5O3S/c1-33-20-5-3-2-4-15(20)10-11-26-21(31)12-18-14-34-24-28-22-19(23(32)29(18)24)13-27-30(22)17-8-6-16(25)7-9-17/h2-9,13,18H,10-12,14H2,1H3,(H,26,31). The van der Waals surface area contributed by atoms with Gasteiger partial charge >= 0.3 is 0 Å². The first-order valence-corrected chi connectivity index (χ1v) is 11.8. The molecule has 3 heterocycles. The summed E-state index contributed by atoms with van der Waals surface area (Å²) in [5, 5.41) is 8.13. The molecule has 0 saturated carbocycles. The van der Waals surface area contributed by atoms with Crippen LogP contribution in [0.3, 0.4) is 0 Å². The highest BCUT2D eigenvalue weighted by atomic mass is 32.2. The Morgan fingerprint density at radius 2 is 2.03 bits per heavy atom. The van der Waals surface area contributed by atoms with E-state index in [0.29, 0.717) is 40.6 Å². The van der Waals surface area contributed by atoms with Crippen LogP contribution < -0.4 is 15.6 Å². The molecule has 0 saturated heterocycles. The molecule has 1 unspecified atom stereocenters. The Bertz CT molecular complexity index is 1420. The van der Waals surface area contributed by atoms with Crippen molar-refractivity contribution >= 4 is 28.7 Å². The number of halogens is 1. The Hall–Kier alpha value is -3.66. The van der Waals surface area contributed by atoms with E-state index in [2.05, 4.69) is 15.4 Å². The number of carbonyl (C=O) groups is 1. The monoisotopic (exact) mass is 479 g/mol. The van der Waals surface area contributed by atoms with Gasteiger partial charge in [0, 0.05) is 18.7 Å². The van der Waals surface area contributed by atoms with Crippen LogP contribution in [0.1, 0.15) is 18.0 Å². The molecule has 1 N–H and O–H groups in total. The van der Waals surface area contributed by atoms with Crippen molar-refractivity contribution in [3.63, 3.8) is 0 Å². The second-order valence-electron chi connectivity index (χ2n) is 7.92. The summed E-state index contributed by atoms with van der Waals surface area (Å²) in [5.74, 6) is 0.899. The maximum atomic E-state index is 13.3. The molecule has 4 aromatic rings. The maximum Gasteiger partial charge on any atom is 0.265 e. The van der Waals surface area contributed by atoms with Crippen LogP contribution >= 0.6 is 11.8 Å². The van der Waals surface area contributed by atoms with Gasteiger partial charge in [0.25, 0.3) is 5.56 Å². The third-order valence-corrected chi connectivity index (χ3v) is 6.87. The number of para-hydroxylation sites is 1. The van der Waals surface area contributed by atoms with Crippen molar-refractivity contribution in [2.24, 2.45) is 0 Å². The summed E-state index contributed by atoms with van der Waals surface area (Å²) in [6, 6.07) is 13.2. The SMILES string of the molecule is COc1ccccc1CCNC(=O)CC1CSc2nc3c(cnn3-c3ccc(F)cc3)c(=O)n21. The number of methoxy groups -OCH3 is 1. The van der Waals surface area contributed by atoms with Gasteiger partial charge in [0.2, 0.25) is 5.91 Å². The molecule has 10 heteroatoms. The van der Waals surface area contributed by atoms with Crippen molar-refractivity contribution in [1.29, 1.82) is 0 Å². The van der Waals surface area contributed by atoms with Gasteiger partial charge in [-0.3, -0.25) is 14.2 Å². The normalized spacial score (nSPS) is 14.8. The Labute approximate surface area is 198 Å². The van der Waals surface area contributed by atoms with Crippen LogP contribution in [0.4, 0.5) is 4.39 Å². The maximum absolute atomic E-state index is 13.3. The molecule has 2 aromatic carbocycles. The van der Waals surface area contributed by atoms with Crippen molar-refractivity contribution in [3.8, 4) is 11.4 Å². The van der Waals surface area contributed by atoms with E-state index >= 15 is 0 Å². The van der Waals surface area contributed by atoms with Crippen LogP contribution in [0.2, 0.25) is 0 Å². The minimum absolute atomic E-state index is 0.123. The number of hydrogen-bond acceptors (Lipinski definition) is 6. The number of benzene rings is 2. The first-order valence-electron chi connectivity index (χ1n) is 10.8. The Morgan fingerprint density at radius 3 is 2.82 bits per heavy atom. The molecule has 0 radical (unpaired) electrons. The van der Waals surface area contributed by atoms with Crippen molar-refractivity contribution in [2.45, 2.75) is 24.0 Å². The number of fused-ring (bicyclic) bond motifs is 2. The minimum Gasteiger partial charge on any atom is -0.496 e. The number of rotatable bonds is 7. The summed E-state index contributed by atoms with van der Waals surface area (Å²) in [5.41, 5.74) is 1.82. The van der Waals surface area contributed by atoms with Gasteiger partial charge in [0.15, 0.2) is 10.8 Å². The molecule has 174 valence electrons. The van der Waals surface area contributed by atoms with Crippen LogP contribution in [0, 0.1) is 5.82 Å². The lowest BCUT2D eigenvalue weighted by molar-refractivity contribution is -0.121. The summed E-state index contributed by atoms with van der Waals surface area (Å²) in [6.45, 7) is 0.475. The van der Waals surface area contributed by atoms with E-state index in [9.17, 15) is 14.0 Å². The van der Waals surface area contributed by atoms with E-state index in [4.69, 9.17) is 4.74 Å². The van der Waals surface area contributed by atoms with Crippen molar-refractivity contribution in [3.05, 3.63) is 76.5 Å². The highest BCUT2D eigenvalue weighted by Crippen LogP contribution is 2.33. The Kier molecular flexibility index (Phi) is 6.06. The minimum atomic E-state index is -0.353. The van der Waals surface area contributed by atoms with Crippen molar-refractivity contribution < 1.29 is 13.9 Å². The molecule has 34 heavy (non-hydrogen) atoms. The van der Waals surface area contributed by atoms with E-state index < -0.39 is 0 Å². The second kappa shape index (κ2) is 9.30. The lowest BCUT2D eigenvalue weighted by Crippen LogP contribution is -2.31. The molecule has 5 rings (SSSR count). The van der Waals surface area contributed by atoms with Crippen LogP contribution in [0.15, 0.2) is 64.7 Å². The molecule has 1 amide bonds. The van der Waals surface area contributed by atoms with Crippen LogP contribution in [-0.2, 0) is 11.2 Å². The highest BCUT2D eigenvalue weighted by Gasteiger charge is 2.29. The highest BCUT2D eigenvalue weighted by molar-refractivity contribution is 7.99. The molecule has 1 aliphatic heterocycles. The number of aromatic nitrogens is 4. The van der Waals surface area contributed by atoms with E-state index in [1.165, 1.54) is 34.8 Å². The largest absolute Gasteiger partial charge is 0.496 e. The lowest BCUT2D eigenvalue weighted by Gasteiger charge is -2.14. The van der Waals surface area contributed by atoms with E-state index in [-0.39, 0.29) is 29.7 Å². The fourth-order valence-electron chi connectivity index (χ4n) is 4.08. The summed E-state index contributed by atoms with van der Waals surface area (Å²) in [7, 11) is 1.62. The summed E-state index contributed by atoms with van der Waals surface area (Å²) in [6.07, 6.45) is 2.30. The molecule has 2 aromatic heterocycles. The van der Waals surface area contributed by atoms with Crippen molar-refractivity contribution in [1.82, 2.24) is 24.6 Å². The first kappa shape index (κ1) is 22.1. The van der Waals surface area contributed by atoms with Gasteiger partial charge in [0.05, 0.1) is 25.0 Å². The molecule has 8 nitrogen and oxygen atoms in total. The smallest absolute Gasteiger partial charge is 0.265 e. The zero-order valence-corrected chi connectivity index (χ0v) is 19.2. The van der Waals surface area contributed by atoms with E-state index in [1.54, 1.807) is 23.8 Å². The average molecular weight is 480 g/mol. The molecule has 0 aliphatic carbocycles. The number of hydrogen-bond donors (Lipinski definition) is 1. The predicted molar refractivity (Wildman–Crippen MR) is 127 cm³/mol. The molecule has 0 spiro atoms. The van der Waals surface area contributed by atoms with Gasteiger partial charge in [-0.1, -0.05) is 30.0 Å². The molecule has 0 bridgehead atoms. The van der Waals surface area contributed by atoms with Crippen molar-refractivity contribution in [2.75, 3.05) is 19.4 Å². The molecule has 1 aliphatic rings. The third-order valence-electron chi connectivity index (χ3n) is 5.77. The number of ether oxygens (including phenoxy) is 1. The molecule has 0 fully saturated rings. The fraction of sp³-hybridized carbons (Fsp3) is 0.250. The second-order valence-corrected chi connectivity index (χ2v) is 8.91. The quantitative estimate of drug-likeness (QED) is 0.410. The third kappa shape index (κ3) is 4.16.